The first-order valence-electron chi connectivity index (χ1n) is 4.77. The van der Waals surface area contributed by atoms with Crippen LogP contribution >= 0.6 is 0 Å². The van der Waals surface area contributed by atoms with Crippen LogP contribution in [0.3, 0.4) is 0 Å². The van der Waals surface area contributed by atoms with Gasteiger partial charge in [-0.05, 0) is 18.9 Å². The van der Waals surface area contributed by atoms with Gasteiger partial charge in [0, 0.05) is 12.4 Å². The maximum absolute atomic E-state index is 11.2. The van der Waals surface area contributed by atoms with E-state index in [9.17, 15) is 9.90 Å². The average Bonchev–Trinajstić information content (AvgIpc) is 2.69. The molecule has 0 atom stereocenters. The van der Waals surface area contributed by atoms with Crippen molar-refractivity contribution in [2.24, 2.45) is 0 Å². The van der Waals surface area contributed by atoms with Gasteiger partial charge in [0.1, 0.15) is 11.2 Å². The summed E-state index contributed by atoms with van der Waals surface area (Å²) in [6.45, 7) is 0. The molecule has 4 nitrogen and oxygen atoms in total. The summed E-state index contributed by atoms with van der Waals surface area (Å²) in [5.41, 5.74) is -0.818. The lowest BCUT2D eigenvalue weighted by Gasteiger charge is -2.21. The first-order valence-corrected chi connectivity index (χ1v) is 4.77. The molecule has 0 bridgehead atoms. The number of hydrogen-bond donors (Lipinski definition) is 1. The molecule has 1 aromatic rings. The molecule has 74 valence electrons. The fourth-order valence-electron chi connectivity index (χ4n) is 2.06. The molecular formula is C10H12N2O2. The topological polar surface area (TPSA) is 63.1 Å². The molecule has 1 fully saturated rings. The number of aliphatic carboxylic acids is 1. The van der Waals surface area contributed by atoms with Crippen LogP contribution in [0.4, 0.5) is 0 Å². The second-order valence-corrected chi connectivity index (χ2v) is 3.67. The fourth-order valence-corrected chi connectivity index (χ4v) is 2.06. The predicted molar refractivity (Wildman–Crippen MR) is 49.8 cm³/mol. The number of hydrogen-bond acceptors (Lipinski definition) is 3. The van der Waals surface area contributed by atoms with Gasteiger partial charge < -0.3 is 5.11 Å². The molecule has 1 N–H and O–H groups in total. The Morgan fingerprint density at radius 1 is 1.29 bits per heavy atom. The van der Waals surface area contributed by atoms with Gasteiger partial charge in [0.25, 0.3) is 0 Å². The zero-order valence-corrected chi connectivity index (χ0v) is 7.81. The second kappa shape index (κ2) is 3.36. The first-order chi connectivity index (χ1) is 6.76. The molecule has 0 amide bonds. The molecule has 0 saturated heterocycles. The zero-order valence-electron chi connectivity index (χ0n) is 7.81. The van der Waals surface area contributed by atoms with E-state index in [-0.39, 0.29) is 0 Å². The predicted octanol–water partition coefficient (Wildman–Crippen LogP) is 1.37. The summed E-state index contributed by atoms with van der Waals surface area (Å²) in [5.74, 6) is -0.328. The second-order valence-electron chi connectivity index (χ2n) is 3.67. The van der Waals surface area contributed by atoms with Crippen molar-refractivity contribution in [2.45, 2.75) is 31.1 Å². The highest BCUT2D eigenvalue weighted by molar-refractivity contribution is 5.80. The van der Waals surface area contributed by atoms with E-state index in [1.165, 1.54) is 0 Å². The van der Waals surface area contributed by atoms with Crippen molar-refractivity contribution >= 4 is 5.97 Å². The quantitative estimate of drug-likeness (QED) is 0.768. The Morgan fingerprint density at radius 3 is 2.36 bits per heavy atom. The van der Waals surface area contributed by atoms with E-state index in [1.807, 2.05) is 0 Å². The van der Waals surface area contributed by atoms with Crippen molar-refractivity contribution in [1.29, 1.82) is 0 Å². The van der Waals surface area contributed by atoms with Gasteiger partial charge in [0.05, 0.1) is 0 Å². The van der Waals surface area contributed by atoms with E-state index >= 15 is 0 Å². The van der Waals surface area contributed by atoms with E-state index in [1.54, 1.807) is 18.5 Å². The van der Waals surface area contributed by atoms with Crippen molar-refractivity contribution in [3.05, 3.63) is 24.3 Å². The van der Waals surface area contributed by atoms with E-state index < -0.39 is 11.4 Å². The summed E-state index contributed by atoms with van der Waals surface area (Å²) in [6, 6.07) is 1.70. The third kappa shape index (κ3) is 1.27. The van der Waals surface area contributed by atoms with Crippen LogP contribution < -0.4 is 0 Å². The molecule has 1 heterocycles. The van der Waals surface area contributed by atoms with Gasteiger partial charge in [0.15, 0.2) is 0 Å². The number of carboxylic acids is 1. The van der Waals surface area contributed by atoms with Crippen molar-refractivity contribution in [3.8, 4) is 0 Å². The summed E-state index contributed by atoms with van der Waals surface area (Å²) >= 11 is 0. The van der Waals surface area contributed by atoms with Gasteiger partial charge in [-0.15, -0.1) is 0 Å². The summed E-state index contributed by atoms with van der Waals surface area (Å²) in [5, 5.41) is 9.24. The molecule has 0 aliphatic heterocycles. The molecule has 0 aromatic carbocycles. The maximum Gasteiger partial charge on any atom is 0.317 e. The Bertz CT molecular complexity index is 331. The lowest BCUT2D eigenvalue weighted by molar-refractivity contribution is -0.144. The smallest absolute Gasteiger partial charge is 0.317 e. The molecule has 1 aromatic heterocycles. The van der Waals surface area contributed by atoms with Gasteiger partial charge in [-0.1, -0.05) is 12.8 Å². The van der Waals surface area contributed by atoms with Crippen molar-refractivity contribution < 1.29 is 9.90 Å². The summed E-state index contributed by atoms with van der Waals surface area (Å²) in [4.78, 5) is 19.4. The lowest BCUT2D eigenvalue weighted by atomic mass is 9.85. The first kappa shape index (κ1) is 9.12. The zero-order chi connectivity index (χ0) is 10.0. The number of nitrogens with zero attached hydrogens (tertiary/aromatic N) is 2. The van der Waals surface area contributed by atoms with Crippen LogP contribution in [0.1, 0.15) is 31.5 Å². The SMILES string of the molecule is O=C(O)C1(c2ncccn2)CCCC1. The van der Waals surface area contributed by atoms with Gasteiger partial charge in [-0.25, -0.2) is 9.97 Å². The molecule has 4 heteroatoms. The average molecular weight is 192 g/mol. The highest BCUT2D eigenvalue weighted by Crippen LogP contribution is 2.39. The van der Waals surface area contributed by atoms with Gasteiger partial charge in [-0.2, -0.15) is 0 Å². The third-order valence-corrected chi connectivity index (χ3v) is 2.86. The van der Waals surface area contributed by atoms with Crippen molar-refractivity contribution in [1.82, 2.24) is 9.97 Å². The minimum atomic E-state index is -0.818. The Kier molecular flexibility index (Phi) is 2.19. The third-order valence-electron chi connectivity index (χ3n) is 2.86. The normalized spacial score (nSPS) is 19.4. The highest BCUT2D eigenvalue weighted by atomic mass is 16.4. The molecular weight excluding hydrogens is 180 g/mol. The molecule has 1 aliphatic carbocycles. The Labute approximate surface area is 82.0 Å². The largest absolute Gasteiger partial charge is 0.480 e. The van der Waals surface area contributed by atoms with Crippen LogP contribution in [-0.2, 0) is 10.2 Å². The minimum absolute atomic E-state index is 0.463. The number of carbonyl (C=O) groups is 1. The van der Waals surface area contributed by atoms with Gasteiger partial charge >= 0.3 is 5.97 Å². The Hall–Kier alpha value is -1.45. The monoisotopic (exact) mass is 192 g/mol. The van der Waals surface area contributed by atoms with Crippen LogP contribution in [-0.4, -0.2) is 21.0 Å². The minimum Gasteiger partial charge on any atom is -0.480 e. The number of carboxylic acid groups (broad SMARTS) is 1. The maximum atomic E-state index is 11.2. The van der Waals surface area contributed by atoms with E-state index in [0.717, 1.165) is 12.8 Å². The lowest BCUT2D eigenvalue weighted by Crippen LogP contribution is -2.34. The van der Waals surface area contributed by atoms with Gasteiger partial charge in [0.2, 0.25) is 0 Å². The molecule has 2 rings (SSSR count). The number of aromatic nitrogens is 2. The van der Waals surface area contributed by atoms with Gasteiger partial charge in [-0.3, -0.25) is 4.79 Å². The Morgan fingerprint density at radius 2 is 1.86 bits per heavy atom. The molecule has 1 aliphatic rings. The summed E-state index contributed by atoms with van der Waals surface area (Å²) in [7, 11) is 0. The summed E-state index contributed by atoms with van der Waals surface area (Å²) in [6.07, 6.45) is 6.42. The van der Waals surface area contributed by atoms with E-state index in [0.29, 0.717) is 18.7 Å². The highest BCUT2D eigenvalue weighted by Gasteiger charge is 2.45. The van der Waals surface area contributed by atoms with Crippen LogP contribution in [0.15, 0.2) is 18.5 Å². The molecule has 0 unspecified atom stereocenters. The van der Waals surface area contributed by atoms with Crippen LogP contribution in [0.25, 0.3) is 0 Å². The summed E-state index contributed by atoms with van der Waals surface area (Å²) < 4.78 is 0. The van der Waals surface area contributed by atoms with Crippen LogP contribution in [0.5, 0.6) is 0 Å². The van der Waals surface area contributed by atoms with E-state index in [4.69, 9.17) is 0 Å². The fraction of sp³-hybridized carbons (Fsp3) is 0.500. The molecule has 1 saturated carbocycles. The Balaban J connectivity index is 2.42. The molecule has 0 radical (unpaired) electrons. The van der Waals surface area contributed by atoms with Crippen molar-refractivity contribution in [2.75, 3.05) is 0 Å². The molecule has 0 spiro atoms. The molecule has 14 heavy (non-hydrogen) atoms. The van der Waals surface area contributed by atoms with E-state index in [2.05, 4.69) is 9.97 Å². The standard InChI is InChI=1S/C10H12N2O2/c13-9(14)10(4-1-2-5-10)8-11-6-3-7-12-8/h3,6-7H,1-2,4-5H2,(H,13,14). The number of rotatable bonds is 2. The van der Waals surface area contributed by atoms with Crippen molar-refractivity contribution in [3.63, 3.8) is 0 Å². The van der Waals surface area contributed by atoms with Crippen LogP contribution in [0, 0.1) is 0 Å². The van der Waals surface area contributed by atoms with Crippen LogP contribution in [0.2, 0.25) is 0 Å².